The fourth-order valence-corrected chi connectivity index (χ4v) is 2.68. The lowest BCUT2D eigenvalue weighted by molar-refractivity contribution is 1.26. The van der Waals surface area contributed by atoms with Gasteiger partial charge in [0.05, 0.1) is 0 Å². The van der Waals surface area contributed by atoms with E-state index >= 15 is 0 Å². The Kier molecular flexibility index (Phi) is 4.50. The average molecular weight is 284 g/mol. The van der Waals surface area contributed by atoms with Gasteiger partial charge in [-0.25, -0.2) is 0 Å². The summed E-state index contributed by atoms with van der Waals surface area (Å²) in [4.78, 5) is 0. The zero-order chi connectivity index (χ0) is 15.2. The van der Waals surface area contributed by atoms with E-state index < -0.39 is 0 Å². The largest absolute Gasteiger partial charge is 0.0622 e. The molecule has 0 N–H and O–H groups in total. The number of aryl methyl sites for hydroxylation is 1. The predicted molar refractivity (Wildman–Crippen MR) is 95.6 cm³/mol. The van der Waals surface area contributed by atoms with Crippen molar-refractivity contribution in [2.45, 2.75) is 13.3 Å². The van der Waals surface area contributed by atoms with Gasteiger partial charge in [0.25, 0.3) is 0 Å². The molecule has 0 saturated carbocycles. The predicted octanol–water partition coefficient (Wildman–Crippen LogP) is 5.78. The smallest absolute Gasteiger partial charge is 0.00195 e. The molecule has 0 saturated heterocycles. The Morgan fingerprint density at radius 2 is 1.45 bits per heavy atom. The Hall–Kier alpha value is -2.60. The average Bonchev–Trinajstić information content (AvgIpc) is 2.56. The number of allylic oxidation sites excluding steroid dienone is 1. The zero-order valence-corrected chi connectivity index (χ0v) is 12.9. The third-order valence-electron chi connectivity index (χ3n) is 3.76. The molecule has 0 heterocycles. The maximum absolute atomic E-state index is 2.29. The molecule has 0 radical (unpaired) electrons. The number of hydrogen-bond acceptors (Lipinski definition) is 0. The van der Waals surface area contributed by atoms with E-state index in [0.717, 1.165) is 6.42 Å². The molecule has 3 aromatic rings. The van der Waals surface area contributed by atoms with Gasteiger partial charge >= 0.3 is 0 Å². The molecule has 0 bridgehead atoms. The van der Waals surface area contributed by atoms with Crippen LogP contribution in [-0.2, 0) is 6.42 Å². The van der Waals surface area contributed by atoms with Crippen molar-refractivity contribution in [2.24, 2.45) is 0 Å². The lowest BCUT2D eigenvalue weighted by Crippen LogP contribution is -1.92. The highest BCUT2D eigenvalue weighted by Gasteiger charge is 2.04. The van der Waals surface area contributed by atoms with Gasteiger partial charge in [-0.15, -0.1) is 0 Å². The van der Waals surface area contributed by atoms with Crippen LogP contribution in [0.2, 0.25) is 0 Å². The summed E-state index contributed by atoms with van der Waals surface area (Å²) in [7, 11) is 0. The van der Waals surface area contributed by atoms with E-state index in [1.54, 1.807) is 0 Å². The SMILES string of the molecule is Cc1cccc(C/C(=C/c2ccccc2)c2ccccc2)c1. The Balaban J connectivity index is 1.98. The summed E-state index contributed by atoms with van der Waals surface area (Å²) >= 11 is 0. The van der Waals surface area contributed by atoms with Crippen molar-refractivity contribution in [1.82, 2.24) is 0 Å². The van der Waals surface area contributed by atoms with Crippen molar-refractivity contribution in [2.75, 3.05) is 0 Å². The van der Waals surface area contributed by atoms with Crippen LogP contribution in [0.5, 0.6) is 0 Å². The molecule has 22 heavy (non-hydrogen) atoms. The van der Waals surface area contributed by atoms with Crippen LogP contribution in [0.1, 0.15) is 22.3 Å². The summed E-state index contributed by atoms with van der Waals surface area (Å²) in [6.45, 7) is 2.15. The fourth-order valence-electron chi connectivity index (χ4n) is 2.68. The second-order valence-corrected chi connectivity index (χ2v) is 5.61. The lowest BCUT2D eigenvalue weighted by atomic mass is 9.95. The maximum Gasteiger partial charge on any atom is -0.00195 e. The molecule has 0 aliphatic heterocycles. The molecule has 3 aromatic carbocycles. The van der Waals surface area contributed by atoms with E-state index in [4.69, 9.17) is 0 Å². The van der Waals surface area contributed by atoms with Gasteiger partial charge in [-0.1, -0.05) is 96.6 Å². The Bertz CT molecular complexity index is 752. The van der Waals surface area contributed by atoms with Gasteiger partial charge in [-0.2, -0.15) is 0 Å². The fraction of sp³-hybridized carbons (Fsp3) is 0.0909. The minimum absolute atomic E-state index is 0.945. The van der Waals surface area contributed by atoms with E-state index in [-0.39, 0.29) is 0 Å². The van der Waals surface area contributed by atoms with Crippen molar-refractivity contribution < 1.29 is 0 Å². The first-order valence-electron chi connectivity index (χ1n) is 7.68. The topological polar surface area (TPSA) is 0 Å². The number of hydrogen-bond donors (Lipinski definition) is 0. The Morgan fingerprint density at radius 3 is 2.14 bits per heavy atom. The first-order chi connectivity index (χ1) is 10.8. The summed E-state index contributed by atoms with van der Waals surface area (Å²) in [6, 6.07) is 29.9. The molecule has 0 atom stereocenters. The van der Waals surface area contributed by atoms with E-state index in [1.807, 2.05) is 0 Å². The molecule has 0 spiro atoms. The normalized spacial score (nSPS) is 11.4. The van der Waals surface area contributed by atoms with E-state index in [0.29, 0.717) is 0 Å². The second-order valence-electron chi connectivity index (χ2n) is 5.61. The summed E-state index contributed by atoms with van der Waals surface area (Å²) < 4.78 is 0. The standard InChI is InChI=1S/C22H20/c1-18-9-8-12-20(15-18)17-22(21-13-6-3-7-14-21)16-19-10-4-2-5-11-19/h2-16H,17H2,1H3/b22-16-. The first-order valence-corrected chi connectivity index (χ1v) is 7.68. The third kappa shape index (κ3) is 3.73. The Morgan fingerprint density at radius 1 is 0.773 bits per heavy atom. The third-order valence-corrected chi connectivity index (χ3v) is 3.76. The van der Waals surface area contributed by atoms with Crippen LogP contribution in [0.3, 0.4) is 0 Å². The van der Waals surface area contributed by atoms with E-state index in [2.05, 4.69) is 97.9 Å². The summed E-state index contributed by atoms with van der Waals surface area (Å²) in [5.74, 6) is 0. The highest BCUT2D eigenvalue weighted by molar-refractivity contribution is 5.82. The van der Waals surface area contributed by atoms with Crippen molar-refractivity contribution >= 4 is 11.6 Å². The van der Waals surface area contributed by atoms with Gasteiger partial charge < -0.3 is 0 Å². The van der Waals surface area contributed by atoms with Crippen LogP contribution in [0.4, 0.5) is 0 Å². The van der Waals surface area contributed by atoms with Gasteiger partial charge in [-0.3, -0.25) is 0 Å². The van der Waals surface area contributed by atoms with Crippen molar-refractivity contribution in [3.05, 3.63) is 107 Å². The minimum Gasteiger partial charge on any atom is -0.0622 e. The van der Waals surface area contributed by atoms with Crippen LogP contribution in [0.25, 0.3) is 11.6 Å². The molecule has 0 amide bonds. The van der Waals surface area contributed by atoms with Gasteiger partial charge in [0, 0.05) is 0 Å². The quantitative estimate of drug-likeness (QED) is 0.533. The number of benzene rings is 3. The van der Waals surface area contributed by atoms with Crippen molar-refractivity contribution in [3.8, 4) is 0 Å². The highest BCUT2D eigenvalue weighted by atomic mass is 14.1. The van der Waals surface area contributed by atoms with Gasteiger partial charge in [-0.05, 0) is 35.6 Å². The molecule has 0 fully saturated rings. The van der Waals surface area contributed by atoms with Crippen LogP contribution in [-0.4, -0.2) is 0 Å². The molecule has 0 aromatic heterocycles. The van der Waals surface area contributed by atoms with Crippen molar-refractivity contribution in [1.29, 1.82) is 0 Å². The van der Waals surface area contributed by atoms with Gasteiger partial charge in [0.2, 0.25) is 0 Å². The van der Waals surface area contributed by atoms with Gasteiger partial charge in [0.15, 0.2) is 0 Å². The van der Waals surface area contributed by atoms with Crippen LogP contribution in [0.15, 0.2) is 84.9 Å². The van der Waals surface area contributed by atoms with Crippen LogP contribution in [0, 0.1) is 6.92 Å². The molecule has 108 valence electrons. The van der Waals surface area contributed by atoms with E-state index in [9.17, 15) is 0 Å². The van der Waals surface area contributed by atoms with E-state index in [1.165, 1.54) is 27.8 Å². The molecule has 0 aliphatic carbocycles. The molecule has 3 rings (SSSR count). The van der Waals surface area contributed by atoms with Crippen LogP contribution < -0.4 is 0 Å². The molecule has 0 nitrogen and oxygen atoms in total. The molecular weight excluding hydrogens is 264 g/mol. The maximum atomic E-state index is 2.29. The Labute approximate surface area is 132 Å². The molecular formula is C22H20. The zero-order valence-electron chi connectivity index (χ0n) is 12.9. The second kappa shape index (κ2) is 6.91. The lowest BCUT2D eigenvalue weighted by Gasteiger charge is -2.09. The van der Waals surface area contributed by atoms with Crippen LogP contribution >= 0.6 is 0 Å². The summed E-state index contributed by atoms with van der Waals surface area (Å²) in [5.41, 5.74) is 6.54. The summed E-state index contributed by atoms with van der Waals surface area (Å²) in [6.07, 6.45) is 3.23. The molecule has 0 heteroatoms. The molecule has 0 unspecified atom stereocenters. The minimum atomic E-state index is 0.945. The summed E-state index contributed by atoms with van der Waals surface area (Å²) in [5, 5.41) is 0. The van der Waals surface area contributed by atoms with Crippen molar-refractivity contribution in [3.63, 3.8) is 0 Å². The monoisotopic (exact) mass is 284 g/mol. The number of rotatable bonds is 4. The van der Waals surface area contributed by atoms with Gasteiger partial charge in [0.1, 0.15) is 0 Å². The molecule has 0 aliphatic rings. The highest BCUT2D eigenvalue weighted by Crippen LogP contribution is 2.23. The first kappa shape index (κ1) is 14.3.